The van der Waals surface area contributed by atoms with Crippen LogP contribution in [0.3, 0.4) is 0 Å². The molecule has 2 unspecified atom stereocenters. The molecule has 0 bridgehead atoms. The predicted octanol–water partition coefficient (Wildman–Crippen LogP) is -1.55. The van der Waals surface area contributed by atoms with Crippen molar-refractivity contribution in [3.8, 4) is 11.5 Å². The number of aliphatic hydroxyl groups is 3. The Kier molecular flexibility index (Phi) is 3.96. The fraction of sp³-hybridized carbons (Fsp3) is 0.429. The SMILES string of the molecule is CNc1nc(-c2[nH]ncc2N)nc2c1ncn2C1O[C@H](CO)C(O)[C@H]1O. The molecule has 1 fully saturated rings. The molecule has 0 aliphatic carbocycles. The van der Waals surface area contributed by atoms with Gasteiger partial charge in [0.1, 0.15) is 24.0 Å². The van der Waals surface area contributed by atoms with Gasteiger partial charge in [-0.1, -0.05) is 0 Å². The number of nitrogen functional groups attached to an aromatic ring is 1. The van der Waals surface area contributed by atoms with Crippen molar-refractivity contribution in [3.63, 3.8) is 0 Å². The van der Waals surface area contributed by atoms with Crippen LogP contribution in [0.1, 0.15) is 6.23 Å². The minimum atomic E-state index is -1.25. The van der Waals surface area contributed by atoms with Crippen LogP contribution in [0, 0.1) is 0 Å². The van der Waals surface area contributed by atoms with Gasteiger partial charge in [0.2, 0.25) is 0 Å². The average molecular weight is 362 g/mol. The monoisotopic (exact) mass is 362 g/mol. The maximum atomic E-state index is 10.3. The predicted molar refractivity (Wildman–Crippen MR) is 89.9 cm³/mol. The lowest BCUT2D eigenvalue weighted by Crippen LogP contribution is -2.33. The Morgan fingerprint density at radius 1 is 1.35 bits per heavy atom. The second-order valence-electron chi connectivity index (χ2n) is 5.90. The number of rotatable bonds is 4. The van der Waals surface area contributed by atoms with Gasteiger partial charge in [-0.25, -0.2) is 15.0 Å². The molecule has 3 aromatic rings. The molecule has 138 valence electrons. The van der Waals surface area contributed by atoms with Gasteiger partial charge >= 0.3 is 0 Å². The van der Waals surface area contributed by atoms with Crippen molar-refractivity contribution in [2.45, 2.75) is 24.5 Å². The van der Waals surface area contributed by atoms with E-state index in [-0.39, 0.29) is 5.82 Å². The van der Waals surface area contributed by atoms with E-state index in [4.69, 9.17) is 10.5 Å². The normalized spacial score (nSPS) is 25.8. The van der Waals surface area contributed by atoms with E-state index < -0.39 is 31.1 Å². The van der Waals surface area contributed by atoms with E-state index in [1.807, 2.05) is 0 Å². The fourth-order valence-electron chi connectivity index (χ4n) is 2.97. The van der Waals surface area contributed by atoms with Gasteiger partial charge in [-0.2, -0.15) is 5.10 Å². The van der Waals surface area contributed by atoms with Gasteiger partial charge in [-0.05, 0) is 0 Å². The average Bonchev–Trinajstić information content (AvgIpc) is 3.33. The van der Waals surface area contributed by atoms with Crippen LogP contribution < -0.4 is 11.1 Å². The number of nitrogens with one attached hydrogen (secondary N) is 2. The van der Waals surface area contributed by atoms with Crippen molar-refractivity contribution in [2.24, 2.45) is 0 Å². The van der Waals surface area contributed by atoms with E-state index in [9.17, 15) is 15.3 Å². The van der Waals surface area contributed by atoms with Crippen LogP contribution in [0.5, 0.6) is 0 Å². The molecule has 1 saturated heterocycles. The molecule has 26 heavy (non-hydrogen) atoms. The van der Waals surface area contributed by atoms with Crippen LogP contribution in [0.25, 0.3) is 22.7 Å². The number of hydrogen-bond acceptors (Lipinski definition) is 10. The molecular weight excluding hydrogens is 344 g/mol. The van der Waals surface area contributed by atoms with Crippen molar-refractivity contribution >= 4 is 22.7 Å². The minimum absolute atomic E-state index is 0.283. The molecule has 4 rings (SSSR count). The number of anilines is 2. The van der Waals surface area contributed by atoms with Crippen molar-refractivity contribution in [1.82, 2.24) is 29.7 Å². The topological polar surface area (TPSA) is 180 Å². The molecular formula is C14H18N8O4. The van der Waals surface area contributed by atoms with E-state index in [1.165, 1.54) is 17.1 Å². The van der Waals surface area contributed by atoms with Crippen LogP contribution in [-0.2, 0) is 4.74 Å². The van der Waals surface area contributed by atoms with E-state index in [0.29, 0.717) is 28.4 Å². The van der Waals surface area contributed by atoms with Gasteiger partial charge in [0.25, 0.3) is 0 Å². The van der Waals surface area contributed by atoms with Gasteiger partial charge in [-0.15, -0.1) is 0 Å². The second kappa shape index (κ2) is 6.17. The second-order valence-corrected chi connectivity index (χ2v) is 5.90. The van der Waals surface area contributed by atoms with Crippen LogP contribution in [-0.4, -0.2) is 77.0 Å². The Morgan fingerprint density at radius 2 is 2.15 bits per heavy atom. The largest absolute Gasteiger partial charge is 0.396 e. The lowest BCUT2D eigenvalue weighted by molar-refractivity contribution is -0.0511. The fourth-order valence-corrected chi connectivity index (χ4v) is 2.97. The number of ether oxygens (including phenoxy) is 1. The summed E-state index contributed by atoms with van der Waals surface area (Å²) in [5, 5.41) is 39.1. The molecule has 12 heteroatoms. The van der Waals surface area contributed by atoms with Crippen LogP contribution in [0.2, 0.25) is 0 Å². The zero-order chi connectivity index (χ0) is 18.4. The molecule has 0 spiro atoms. The molecule has 1 aliphatic heterocycles. The van der Waals surface area contributed by atoms with E-state index in [0.717, 1.165) is 0 Å². The number of aliphatic hydroxyl groups excluding tert-OH is 3. The summed E-state index contributed by atoms with van der Waals surface area (Å²) >= 11 is 0. The first-order valence-corrected chi connectivity index (χ1v) is 7.89. The molecule has 4 atom stereocenters. The Hall–Kier alpha value is -2.80. The Labute approximate surface area is 146 Å². The summed E-state index contributed by atoms with van der Waals surface area (Å²) in [5.74, 6) is 0.731. The highest BCUT2D eigenvalue weighted by Gasteiger charge is 2.44. The zero-order valence-electron chi connectivity index (χ0n) is 13.7. The highest BCUT2D eigenvalue weighted by Crippen LogP contribution is 2.33. The molecule has 7 N–H and O–H groups in total. The molecule has 4 heterocycles. The Bertz CT molecular complexity index is 940. The number of imidazole rings is 1. The lowest BCUT2D eigenvalue weighted by Gasteiger charge is -2.17. The van der Waals surface area contributed by atoms with Crippen LogP contribution >= 0.6 is 0 Å². The van der Waals surface area contributed by atoms with Gasteiger partial charge in [-0.3, -0.25) is 9.67 Å². The number of hydrogen-bond donors (Lipinski definition) is 6. The summed E-state index contributed by atoms with van der Waals surface area (Å²) in [6.07, 6.45) is -1.46. The first-order chi connectivity index (χ1) is 12.5. The molecule has 1 aliphatic rings. The maximum absolute atomic E-state index is 10.3. The third-order valence-electron chi connectivity index (χ3n) is 4.34. The molecule has 12 nitrogen and oxygen atoms in total. The van der Waals surface area contributed by atoms with E-state index in [2.05, 4.69) is 30.5 Å². The van der Waals surface area contributed by atoms with Gasteiger partial charge in [0.05, 0.1) is 24.8 Å². The lowest BCUT2D eigenvalue weighted by atomic mass is 10.1. The quantitative estimate of drug-likeness (QED) is 0.318. The van der Waals surface area contributed by atoms with E-state index in [1.54, 1.807) is 7.05 Å². The summed E-state index contributed by atoms with van der Waals surface area (Å²) in [4.78, 5) is 13.1. The number of nitrogens with two attached hydrogens (primary N) is 1. The third kappa shape index (κ3) is 2.39. The van der Waals surface area contributed by atoms with E-state index >= 15 is 0 Å². The van der Waals surface area contributed by atoms with Crippen LogP contribution in [0.4, 0.5) is 11.5 Å². The van der Waals surface area contributed by atoms with Crippen molar-refractivity contribution < 1.29 is 20.1 Å². The molecule has 0 amide bonds. The number of H-pyrrole nitrogens is 1. The Morgan fingerprint density at radius 3 is 2.77 bits per heavy atom. The van der Waals surface area contributed by atoms with Crippen LogP contribution in [0.15, 0.2) is 12.5 Å². The third-order valence-corrected chi connectivity index (χ3v) is 4.34. The highest BCUT2D eigenvalue weighted by molar-refractivity contribution is 5.85. The summed E-state index contributed by atoms with van der Waals surface area (Å²) in [6.45, 7) is -0.423. The number of aromatic amines is 1. The molecule has 0 radical (unpaired) electrons. The van der Waals surface area contributed by atoms with Crippen molar-refractivity contribution in [1.29, 1.82) is 0 Å². The first kappa shape index (κ1) is 16.7. The summed E-state index contributed by atoms with van der Waals surface area (Å²) in [7, 11) is 1.69. The number of nitrogens with zero attached hydrogens (tertiary/aromatic N) is 5. The van der Waals surface area contributed by atoms with Crippen molar-refractivity contribution in [3.05, 3.63) is 12.5 Å². The standard InChI is InChI=1S/C14H18N8O4/c1-16-11-8-13(20-12(19-11)7-5(15)2-18-21-7)22(4-17-8)14-10(25)9(24)6(3-23)26-14/h2,4,6,9-10,14,23-25H,3,15H2,1H3,(H,18,21)(H,16,19,20)/t6-,9?,10-,14?/m1/s1. The van der Waals surface area contributed by atoms with Crippen molar-refractivity contribution in [2.75, 3.05) is 24.7 Å². The van der Waals surface area contributed by atoms with Gasteiger partial charge in [0, 0.05) is 7.05 Å². The maximum Gasteiger partial charge on any atom is 0.183 e. The molecule has 0 aromatic carbocycles. The smallest absolute Gasteiger partial charge is 0.183 e. The summed E-state index contributed by atoms with van der Waals surface area (Å²) < 4.78 is 7.05. The molecule has 3 aromatic heterocycles. The summed E-state index contributed by atoms with van der Waals surface area (Å²) in [5.41, 5.74) is 7.52. The summed E-state index contributed by atoms with van der Waals surface area (Å²) in [6, 6.07) is 0. The first-order valence-electron chi connectivity index (χ1n) is 7.89. The number of aromatic nitrogens is 6. The number of fused-ring (bicyclic) bond motifs is 1. The minimum Gasteiger partial charge on any atom is -0.396 e. The van der Waals surface area contributed by atoms with Gasteiger partial charge in [0.15, 0.2) is 29.0 Å². The zero-order valence-corrected chi connectivity index (χ0v) is 13.7. The van der Waals surface area contributed by atoms with Gasteiger partial charge < -0.3 is 31.1 Å². The Balaban J connectivity index is 1.86. The highest BCUT2D eigenvalue weighted by atomic mass is 16.6. The molecule has 0 saturated carbocycles.